The molecule has 1 atom stereocenters. The molecule has 6 heteroatoms. The molecule has 1 amide bonds. The zero-order valence-electron chi connectivity index (χ0n) is 10.3. The summed E-state index contributed by atoms with van der Waals surface area (Å²) in [7, 11) is 0. The number of rotatable bonds is 6. The quantitative estimate of drug-likeness (QED) is 0.249. The van der Waals surface area contributed by atoms with Crippen molar-refractivity contribution in [3.63, 3.8) is 0 Å². The predicted molar refractivity (Wildman–Crippen MR) is 69.1 cm³/mol. The van der Waals surface area contributed by atoms with Gasteiger partial charge in [0.1, 0.15) is 0 Å². The van der Waals surface area contributed by atoms with Crippen molar-refractivity contribution in [2.75, 3.05) is 0 Å². The number of hydrogen-bond donors (Lipinski definition) is 4. The summed E-state index contributed by atoms with van der Waals surface area (Å²) in [6.07, 6.45) is 0.308. The van der Waals surface area contributed by atoms with Gasteiger partial charge in [0.25, 0.3) is 0 Å². The van der Waals surface area contributed by atoms with Crippen LogP contribution < -0.4 is 16.8 Å². The number of benzene rings is 1. The predicted octanol–water partition coefficient (Wildman–Crippen LogP) is 0.135. The Labute approximate surface area is 106 Å². The van der Waals surface area contributed by atoms with Crippen LogP contribution in [0.1, 0.15) is 24.5 Å². The molecule has 0 heterocycles. The van der Waals surface area contributed by atoms with Crippen molar-refractivity contribution in [2.45, 2.75) is 25.9 Å². The van der Waals surface area contributed by atoms with Crippen molar-refractivity contribution in [3.8, 4) is 0 Å². The van der Waals surface area contributed by atoms with Gasteiger partial charge in [-0.1, -0.05) is 29.4 Å². The van der Waals surface area contributed by atoms with E-state index in [0.717, 1.165) is 5.56 Å². The molecule has 0 aromatic heterocycles. The molecule has 1 unspecified atom stereocenters. The highest BCUT2D eigenvalue weighted by Crippen LogP contribution is 2.04. The van der Waals surface area contributed by atoms with E-state index in [1.165, 1.54) is 0 Å². The van der Waals surface area contributed by atoms with E-state index in [9.17, 15) is 4.79 Å². The molecular formula is C12H18N4O2. The molecule has 1 aromatic rings. The van der Waals surface area contributed by atoms with Crippen LogP contribution in [0.4, 0.5) is 0 Å². The minimum atomic E-state index is -0.322. The second-order valence-electron chi connectivity index (χ2n) is 4.13. The number of nitrogens with two attached hydrogens (primary N) is 2. The average molecular weight is 250 g/mol. The lowest BCUT2D eigenvalue weighted by atomic mass is 10.1. The largest absolute Gasteiger partial charge is 0.409 e. The molecule has 0 fully saturated rings. The highest BCUT2D eigenvalue weighted by Gasteiger charge is 2.05. The molecule has 1 aromatic carbocycles. The van der Waals surface area contributed by atoms with E-state index < -0.39 is 0 Å². The highest BCUT2D eigenvalue weighted by molar-refractivity contribution is 5.96. The summed E-state index contributed by atoms with van der Waals surface area (Å²) in [5.41, 5.74) is 12.3. The Morgan fingerprint density at radius 1 is 1.39 bits per heavy atom. The van der Waals surface area contributed by atoms with Gasteiger partial charge in [-0.05, 0) is 12.5 Å². The van der Waals surface area contributed by atoms with Crippen LogP contribution in [0, 0.1) is 0 Å². The maximum atomic E-state index is 10.7. The molecule has 0 radical (unpaired) electrons. The van der Waals surface area contributed by atoms with Crippen LogP contribution >= 0.6 is 0 Å². The zero-order chi connectivity index (χ0) is 13.5. The molecule has 0 aliphatic carbocycles. The zero-order valence-corrected chi connectivity index (χ0v) is 10.3. The summed E-state index contributed by atoms with van der Waals surface area (Å²) < 4.78 is 0. The number of amides is 1. The molecule has 0 saturated heterocycles. The van der Waals surface area contributed by atoms with Gasteiger partial charge in [-0.25, -0.2) is 0 Å². The van der Waals surface area contributed by atoms with Gasteiger partial charge in [-0.15, -0.1) is 0 Å². The topological polar surface area (TPSA) is 114 Å². The monoisotopic (exact) mass is 250 g/mol. The number of nitrogens with zero attached hydrogens (tertiary/aromatic N) is 1. The molecule has 1 rings (SSSR count). The van der Waals surface area contributed by atoms with E-state index in [-0.39, 0.29) is 17.8 Å². The van der Waals surface area contributed by atoms with Crippen LogP contribution in [0.25, 0.3) is 0 Å². The smallest absolute Gasteiger partial charge is 0.218 e. The van der Waals surface area contributed by atoms with E-state index in [2.05, 4.69) is 10.5 Å². The lowest BCUT2D eigenvalue weighted by Crippen LogP contribution is -2.30. The summed E-state index contributed by atoms with van der Waals surface area (Å²) in [5.74, 6) is -0.242. The first-order valence-corrected chi connectivity index (χ1v) is 5.61. The first kappa shape index (κ1) is 14.0. The third-order valence-corrected chi connectivity index (χ3v) is 2.52. The van der Waals surface area contributed by atoms with Crippen molar-refractivity contribution >= 4 is 11.7 Å². The van der Waals surface area contributed by atoms with Crippen molar-refractivity contribution in [3.05, 3.63) is 35.4 Å². The fourth-order valence-corrected chi connectivity index (χ4v) is 1.52. The second kappa shape index (κ2) is 6.61. The number of carbonyl (C=O) groups excluding carboxylic acids is 1. The Bertz CT molecular complexity index is 428. The molecule has 98 valence electrons. The normalized spacial score (nSPS) is 13.3. The lowest BCUT2D eigenvalue weighted by molar-refractivity contribution is -0.118. The maximum Gasteiger partial charge on any atom is 0.218 e. The molecule has 0 saturated carbocycles. The minimum absolute atomic E-state index is 0.0336. The first-order valence-electron chi connectivity index (χ1n) is 5.61. The Morgan fingerprint density at radius 2 is 2.00 bits per heavy atom. The number of nitrogens with one attached hydrogen (secondary N) is 1. The van der Waals surface area contributed by atoms with Gasteiger partial charge < -0.3 is 22.0 Å². The Hall–Kier alpha value is -2.08. The summed E-state index contributed by atoms with van der Waals surface area (Å²) >= 11 is 0. The van der Waals surface area contributed by atoms with Crippen molar-refractivity contribution in [1.82, 2.24) is 5.32 Å². The number of primary amides is 1. The molecule has 0 aliphatic rings. The van der Waals surface area contributed by atoms with Gasteiger partial charge in [0.2, 0.25) is 5.91 Å². The lowest BCUT2D eigenvalue weighted by Gasteiger charge is -2.12. The summed E-state index contributed by atoms with van der Waals surface area (Å²) in [4.78, 5) is 10.7. The highest BCUT2D eigenvalue weighted by atomic mass is 16.4. The molecular weight excluding hydrogens is 232 g/mol. The van der Waals surface area contributed by atoms with E-state index in [4.69, 9.17) is 16.7 Å². The number of amidine groups is 1. The number of oxime groups is 1. The SMILES string of the molecule is CC(CC(N)=O)NCc1ccc(/C(N)=N/O)cc1. The number of hydrogen-bond acceptors (Lipinski definition) is 4. The van der Waals surface area contributed by atoms with Crippen molar-refractivity contribution in [2.24, 2.45) is 16.6 Å². The summed E-state index contributed by atoms with van der Waals surface area (Å²) in [5, 5.41) is 14.6. The Kier molecular flexibility index (Phi) is 5.13. The van der Waals surface area contributed by atoms with Gasteiger partial charge in [-0.3, -0.25) is 4.79 Å². The van der Waals surface area contributed by atoms with Gasteiger partial charge in [-0.2, -0.15) is 0 Å². The molecule has 18 heavy (non-hydrogen) atoms. The van der Waals surface area contributed by atoms with E-state index in [1.54, 1.807) is 12.1 Å². The third kappa shape index (κ3) is 4.42. The van der Waals surface area contributed by atoms with Crippen LogP contribution in [0.3, 0.4) is 0 Å². The number of carbonyl (C=O) groups is 1. The molecule has 6 N–H and O–H groups in total. The third-order valence-electron chi connectivity index (χ3n) is 2.52. The maximum absolute atomic E-state index is 10.7. The fraction of sp³-hybridized carbons (Fsp3) is 0.333. The van der Waals surface area contributed by atoms with E-state index >= 15 is 0 Å². The van der Waals surface area contributed by atoms with Crippen LogP contribution in [0.15, 0.2) is 29.4 Å². The Balaban J connectivity index is 2.51. The van der Waals surface area contributed by atoms with Crippen LogP contribution in [0.5, 0.6) is 0 Å². The fourth-order valence-electron chi connectivity index (χ4n) is 1.52. The van der Waals surface area contributed by atoms with Crippen molar-refractivity contribution in [1.29, 1.82) is 0 Å². The minimum Gasteiger partial charge on any atom is -0.409 e. The van der Waals surface area contributed by atoms with E-state index in [1.807, 2.05) is 19.1 Å². The van der Waals surface area contributed by atoms with Gasteiger partial charge in [0.05, 0.1) is 0 Å². The second-order valence-corrected chi connectivity index (χ2v) is 4.13. The van der Waals surface area contributed by atoms with Crippen LogP contribution in [-0.4, -0.2) is 23.0 Å². The van der Waals surface area contributed by atoms with Gasteiger partial charge >= 0.3 is 0 Å². The van der Waals surface area contributed by atoms with Crippen LogP contribution in [-0.2, 0) is 11.3 Å². The Morgan fingerprint density at radius 3 is 2.50 bits per heavy atom. The average Bonchev–Trinajstić information content (AvgIpc) is 2.35. The molecule has 6 nitrogen and oxygen atoms in total. The summed E-state index contributed by atoms with van der Waals surface area (Å²) in [6.45, 7) is 2.53. The molecule has 0 bridgehead atoms. The van der Waals surface area contributed by atoms with Gasteiger partial charge in [0.15, 0.2) is 5.84 Å². The first-order chi connectivity index (χ1) is 8.52. The molecule has 0 aliphatic heterocycles. The van der Waals surface area contributed by atoms with Gasteiger partial charge in [0, 0.05) is 24.6 Å². The summed E-state index contributed by atoms with van der Waals surface area (Å²) in [6, 6.07) is 7.32. The molecule has 0 spiro atoms. The van der Waals surface area contributed by atoms with Crippen LogP contribution in [0.2, 0.25) is 0 Å². The van der Waals surface area contributed by atoms with Crippen molar-refractivity contribution < 1.29 is 10.0 Å². The van der Waals surface area contributed by atoms with E-state index in [0.29, 0.717) is 18.5 Å². The standard InChI is InChI=1S/C12H18N4O2/c1-8(6-11(13)17)15-7-9-2-4-10(5-3-9)12(14)16-18/h2-5,8,15,18H,6-7H2,1H3,(H2,13,17)(H2,14,16).